The summed E-state index contributed by atoms with van der Waals surface area (Å²) in [5.74, 6) is 0.800. The Bertz CT molecular complexity index is 72.1. The Morgan fingerprint density at radius 1 is 1.57 bits per heavy atom. The van der Waals surface area contributed by atoms with Gasteiger partial charge in [0.2, 0.25) is 0 Å². The fraction of sp³-hybridized carbons (Fsp3) is 0.571. The second-order valence-electron chi connectivity index (χ2n) is 2.17. The van der Waals surface area contributed by atoms with Gasteiger partial charge < -0.3 is 0 Å². The van der Waals surface area contributed by atoms with Gasteiger partial charge in [0, 0.05) is 0 Å². The molecule has 0 bridgehead atoms. The molecule has 0 fully saturated rings. The minimum atomic E-state index is 0.800. The zero-order valence-electron chi connectivity index (χ0n) is 4.72. The predicted molar refractivity (Wildman–Crippen MR) is 31.8 cm³/mol. The SMILES string of the molecule is CC1C=CC[CH]C1. The molecule has 0 saturated carbocycles. The van der Waals surface area contributed by atoms with Crippen LogP contribution in [0.4, 0.5) is 0 Å². The topological polar surface area (TPSA) is 0 Å². The average Bonchev–Trinajstić information content (AvgIpc) is 1.69. The lowest BCUT2D eigenvalue weighted by Crippen LogP contribution is -1.93. The van der Waals surface area contributed by atoms with E-state index in [0.29, 0.717) is 0 Å². The molecule has 1 unspecified atom stereocenters. The summed E-state index contributed by atoms with van der Waals surface area (Å²) in [4.78, 5) is 0. The molecule has 1 atom stereocenters. The van der Waals surface area contributed by atoms with Crippen LogP contribution in [0.15, 0.2) is 12.2 Å². The molecule has 0 amide bonds. The van der Waals surface area contributed by atoms with Crippen LogP contribution in [0.5, 0.6) is 0 Å². The zero-order valence-corrected chi connectivity index (χ0v) is 4.72. The van der Waals surface area contributed by atoms with E-state index in [2.05, 4.69) is 25.5 Å². The molecule has 0 heteroatoms. The molecular formula is C7H11. The van der Waals surface area contributed by atoms with Gasteiger partial charge in [-0.2, -0.15) is 0 Å². The summed E-state index contributed by atoms with van der Waals surface area (Å²) in [6.45, 7) is 2.24. The fourth-order valence-electron chi connectivity index (χ4n) is 0.845. The summed E-state index contributed by atoms with van der Waals surface area (Å²) < 4.78 is 0. The van der Waals surface area contributed by atoms with Gasteiger partial charge in [-0.1, -0.05) is 19.1 Å². The Balaban J connectivity index is 2.36. The van der Waals surface area contributed by atoms with Gasteiger partial charge in [-0.05, 0) is 25.2 Å². The van der Waals surface area contributed by atoms with E-state index >= 15 is 0 Å². The van der Waals surface area contributed by atoms with Crippen LogP contribution in [0.1, 0.15) is 19.8 Å². The third-order valence-electron chi connectivity index (χ3n) is 1.31. The van der Waals surface area contributed by atoms with Crippen molar-refractivity contribution in [2.24, 2.45) is 5.92 Å². The minimum absolute atomic E-state index is 0.800. The van der Waals surface area contributed by atoms with Crippen molar-refractivity contribution in [2.45, 2.75) is 19.8 Å². The molecule has 0 aromatic rings. The molecule has 0 heterocycles. The predicted octanol–water partition coefficient (Wildman–Crippen LogP) is 2.18. The highest BCUT2D eigenvalue weighted by molar-refractivity contribution is 4.97. The van der Waals surface area contributed by atoms with Crippen molar-refractivity contribution in [3.63, 3.8) is 0 Å². The minimum Gasteiger partial charge on any atom is -0.0880 e. The highest BCUT2D eigenvalue weighted by Gasteiger charge is 1.99. The van der Waals surface area contributed by atoms with E-state index in [0.717, 1.165) is 5.92 Å². The molecule has 1 aliphatic rings. The molecule has 1 rings (SSSR count). The molecular weight excluding hydrogens is 84.1 g/mol. The molecule has 1 radical (unpaired) electrons. The summed E-state index contributed by atoms with van der Waals surface area (Å²) in [5.41, 5.74) is 0. The first kappa shape index (κ1) is 4.89. The maximum Gasteiger partial charge on any atom is -0.0259 e. The first-order valence-electron chi connectivity index (χ1n) is 2.88. The quantitative estimate of drug-likeness (QED) is 0.404. The van der Waals surface area contributed by atoms with Crippen LogP contribution in [0, 0.1) is 12.3 Å². The van der Waals surface area contributed by atoms with Gasteiger partial charge in [0.25, 0.3) is 0 Å². The van der Waals surface area contributed by atoms with Crippen molar-refractivity contribution in [3.8, 4) is 0 Å². The summed E-state index contributed by atoms with van der Waals surface area (Å²) >= 11 is 0. The van der Waals surface area contributed by atoms with Crippen molar-refractivity contribution in [2.75, 3.05) is 0 Å². The van der Waals surface area contributed by atoms with Crippen LogP contribution in [0.2, 0.25) is 0 Å². The van der Waals surface area contributed by atoms with Gasteiger partial charge in [0.1, 0.15) is 0 Å². The van der Waals surface area contributed by atoms with Crippen molar-refractivity contribution < 1.29 is 0 Å². The Hall–Kier alpha value is -0.260. The third kappa shape index (κ3) is 1.34. The lowest BCUT2D eigenvalue weighted by atomic mass is 9.98. The van der Waals surface area contributed by atoms with Crippen LogP contribution < -0.4 is 0 Å². The van der Waals surface area contributed by atoms with Gasteiger partial charge >= 0.3 is 0 Å². The van der Waals surface area contributed by atoms with Gasteiger partial charge in [-0.3, -0.25) is 0 Å². The van der Waals surface area contributed by atoms with E-state index in [1.807, 2.05) is 0 Å². The molecule has 39 valence electrons. The largest absolute Gasteiger partial charge is 0.0880 e. The van der Waals surface area contributed by atoms with E-state index < -0.39 is 0 Å². The van der Waals surface area contributed by atoms with Crippen LogP contribution >= 0.6 is 0 Å². The lowest BCUT2D eigenvalue weighted by Gasteiger charge is -2.07. The number of allylic oxidation sites excluding steroid dienone is 2. The van der Waals surface area contributed by atoms with Gasteiger partial charge in [0.05, 0.1) is 0 Å². The van der Waals surface area contributed by atoms with Crippen molar-refractivity contribution in [1.29, 1.82) is 0 Å². The smallest absolute Gasteiger partial charge is 0.0259 e. The van der Waals surface area contributed by atoms with E-state index in [9.17, 15) is 0 Å². The Labute approximate surface area is 45.2 Å². The Morgan fingerprint density at radius 2 is 2.43 bits per heavy atom. The summed E-state index contributed by atoms with van der Waals surface area (Å²) in [7, 11) is 0. The normalized spacial score (nSPS) is 30.7. The van der Waals surface area contributed by atoms with Crippen LogP contribution in [-0.2, 0) is 0 Å². The number of hydrogen-bond acceptors (Lipinski definition) is 0. The zero-order chi connectivity index (χ0) is 5.11. The number of hydrogen-bond donors (Lipinski definition) is 0. The van der Waals surface area contributed by atoms with Crippen LogP contribution in [0.25, 0.3) is 0 Å². The summed E-state index contributed by atoms with van der Waals surface area (Å²) in [6.07, 6.45) is 9.29. The van der Waals surface area contributed by atoms with E-state index in [1.165, 1.54) is 12.8 Å². The maximum atomic E-state index is 2.32. The number of rotatable bonds is 0. The van der Waals surface area contributed by atoms with E-state index in [4.69, 9.17) is 0 Å². The lowest BCUT2D eigenvalue weighted by molar-refractivity contribution is 0.677. The monoisotopic (exact) mass is 95.1 g/mol. The van der Waals surface area contributed by atoms with E-state index in [1.54, 1.807) is 0 Å². The molecule has 0 aliphatic heterocycles. The Kier molecular flexibility index (Phi) is 1.50. The van der Waals surface area contributed by atoms with Crippen molar-refractivity contribution >= 4 is 0 Å². The highest BCUT2D eigenvalue weighted by atomic mass is 14.0. The fourth-order valence-corrected chi connectivity index (χ4v) is 0.845. The first-order valence-corrected chi connectivity index (χ1v) is 2.88. The maximum absolute atomic E-state index is 2.32. The second kappa shape index (κ2) is 2.15. The summed E-state index contributed by atoms with van der Waals surface area (Å²) in [6, 6.07) is 0. The molecule has 0 aromatic heterocycles. The standard InChI is InChI=1S/C7H11/c1-7-5-3-2-4-6-7/h3-5,7H,2,6H2,1H3. The molecule has 0 spiro atoms. The third-order valence-corrected chi connectivity index (χ3v) is 1.31. The average molecular weight is 95.2 g/mol. The first-order chi connectivity index (χ1) is 3.39. The van der Waals surface area contributed by atoms with E-state index in [-0.39, 0.29) is 0 Å². The van der Waals surface area contributed by atoms with Crippen molar-refractivity contribution in [1.82, 2.24) is 0 Å². The van der Waals surface area contributed by atoms with Gasteiger partial charge in [0.15, 0.2) is 0 Å². The second-order valence-corrected chi connectivity index (χ2v) is 2.17. The highest BCUT2D eigenvalue weighted by Crippen LogP contribution is 2.13. The molecule has 1 aliphatic carbocycles. The van der Waals surface area contributed by atoms with Crippen LogP contribution in [0.3, 0.4) is 0 Å². The van der Waals surface area contributed by atoms with Crippen molar-refractivity contribution in [3.05, 3.63) is 18.6 Å². The molecule has 0 saturated heterocycles. The Morgan fingerprint density at radius 3 is 2.71 bits per heavy atom. The van der Waals surface area contributed by atoms with Gasteiger partial charge in [-0.25, -0.2) is 0 Å². The summed E-state index contributed by atoms with van der Waals surface area (Å²) in [5, 5.41) is 0. The molecule has 0 nitrogen and oxygen atoms in total. The van der Waals surface area contributed by atoms with Gasteiger partial charge in [-0.15, -0.1) is 0 Å². The molecule has 7 heavy (non-hydrogen) atoms. The molecule has 0 N–H and O–H groups in total. The molecule has 0 aromatic carbocycles. The van der Waals surface area contributed by atoms with Crippen LogP contribution in [-0.4, -0.2) is 0 Å².